The highest BCUT2D eigenvalue weighted by Crippen LogP contribution is 2.43. The van der Waals surface area contributed by atoms with Gasteiger partial charge in [0.25, 0.3) is 11.7 Å². The molecular formula is C30H30N2O3. The van der Waals surface area contributed by atoms with Crippen LogP contribution < -0.4 is 9.80 Å². The zero-order valence-corrected chi connectivity index (χ0v) is 20.2. The van der Waals surface area contributed by atoms with E-state index in [0.29, 0.717) is 11.3 Å². The van der Waals surface area contributed by atoms with Crippen molar-refractivity contribution in [3.63, 3.8) is 0 Å². The number of ketones is 1. The van der Waals surface area contributed by atoms with E-state index in [4.69, 9.17) is 0 Å². The molecule has 0 radical (unpaired) electrons. The Morgan fingerprint density at radius 2 is 1.51 bits per heavy atom. The van der Waals surface area contributed by atoms with Crippen molar-refractivity contribution in [2.24, 2.45) is 0 Å². The fourth-order valence-corrected chi connectivity index (χ4v) is 5.14. The summed E-state index contributed by atoms with van der Waals surface area (Å²) in [6, 6.07) is 22.3. The number of carbonyl (C=O) groups excluding carboxylic acids is 2. The van der Waals surface area contributed by atoms with Crippen LogP contribution in [0.1, 0.15) is 48.1 Å². The van der Waals surface area contributed by atoms with E-state index in [1.807, 2.05) is 67.6 Å². The molecule has 5 heteroatoms. The second-order valence-electron chi connectivity index (χ2n) is 9.29. The molecule has 2 aliphatic heterocycles. The molecule has 1 N–H and O–H groups in total. The monoisotopic (exact) mass is 466 g/mol. The Kier molecular flexibility index (Phi) is 6.16. The summed E-state index contributed by atoms with van der Waals surface area (Å²) in [5, 5.41) is 11.3. The number of hydrogen-bond acceptors (Lipinski definition) is 4. The van der Waals surface area contributed by atoms with Crippen LogP contribution in [0.3, 0.4) is 0 Å². The van der Waals surface area contributed by atoms with E-state index in [-0.39, 0.29) is 11.3 Å². The highest BCUT2D eigenvalue weighted by Gasteiger charge is 2.47. The molecular weight excluding hydrogens is 436 g/mol. The van der Waals surface area contributed by atoms with Crippen LogP contribution >= 0.6 is 0 Å². The van der Waals surface area contributed by atoms with E-state index >= 15 is 0 Å². The van der Waals surface area contributed by atoms with Gasteiger partial charge in [0, 0.05) is 30.0 Å². The van der Waals surface area contributed by atoms with Crippen molar-refractivity contribution in [2.75, 3.05) is 22.9 Å². The van der Waals surface area contributed by atoms with Crippen molar-refractivity contribution in [1.29, 1.82) is 0 Å². The largest absolute Gasteiger partial charge is 0.507 e. The zero-order valence-electron chi connectivity index (χ0n) is 20.2. The molecule has 0 aromatic heterocycles. The molecule has 0 bridgehead atoms. The van der Waals surface area contributed by atoms with Crippen molar-refractivity contribution in [1.82, 2.24) is 0 Å². The summed E-state index contributed by atoms with van der Waals surface area (Å²) in [6.07, 6.45) is 3.24. The normalized spacial score (nSPS) is 19.5. The number of nitrogens with zero attached hydrogens (tertiary/aromatic N) is 2. The molecule has 5 rings (SSSR count). The Bertz CT molecular complexity index is 1290. The molecule has 0 saturated carbocycles. The Morgan fingerprint density at radius 3 is 2.14 bits per heavy atom. The SMILES string of the molecule is CCc1ccc(/C(O)=C2\C(=O)C(=O)N(c3ccc(N4CCCC4)cc3)C2c2ccccc2C)cc1. The van der Waals surface area contributed by atoms with Gasteiger partial charge in [0.05, 0.1) is 11.6 Å². The molecule has 1 atom stereocenters. The summed E-state index contributed by atoms with van der Waals surface area (Å²) in [5.41, 5.74) is 5.32. The maximum atomic E-state index is 13.4. The maximum absolute atomic E-state index is 13.4. The first-order chi connectivity index (χ1) is 17.0. The van der Waals surface area contributed by atoms with Crippen LogP contribution in [0.2, 0.25) is 0 Å². The van der Waals surface area contributed by atoms with Gasteiger partial charge in [0.15, 0.2) is 0 Å². The van der Waals surface area contributed by atoms with Gasteiger partial charge in [-0.25, -0.2) is 0 Å². The molecule has 3 aromatic carbocycles. The van der Waals surface area contributed by atoms with Gasteiger partial charge < -0.3 is 10.0 Å². The van der Waals surface area contributed by atoms with Crippen molar-refractivity contribution in [2.45, 2.75) is 39.2 Å². The minimum atomic E-state index is -0.709. The molecule has 5 nitrogen and oxygen atoms in total. The Morgan fingerprint density at radius 1 is 0.886 bits per heavy atom. The van der Waals surface area contributed by atoms with Gasteiger partial charge in [0.1, 0.15) is 5.76 Å². The zero-order chi connectivity index (χ0) is 24.5. The van der Waals surface area contributed by atoms with E-state index in [9.17, 15) is 14.7 Å². The van der Waals surface area contributed by atoms with E-state index in [0.717, 1.165) is 41.9 Å². The number of hydrogen-bond donors (Lipinski definition) is 1. The van der Waals surface area contributed by atoms with E-state index in [1.54, 1.807) is 12.1 Å². The predicted octanol–water partition coefficient (Wildman–Crippen LogP) is 5.78. The van der Waals surface area contributed by atoms with Crippen LogP contribution in [0, 0.1) is 6.92 Å². The minimum Gasteiger partial charge on any atom is -0.507 e. The lowest BCUT2D eigenvalue weighted by atomic mass is 9.92. The predicted molar refractivity (Wildman–Crippen MR) is 140 cm³/mol. The lowest BCUT2D eigenvalue weighted by molar-refractivity contribution is -0.132. The lowest BCUT2D eigenvalue weighted by Crippen LogP contribution is -2.29. The summed E-state index contributed by atoms with van der Waals surface area (Å²) in [6.45, 7) is 6.09. The van der Waals surface area contributed by atoms with E-state index < -0.39 is 17.7 Å². The van der Waals surface area contributed by atoms with Gasteiger partial charge in [-0.15, -0.1) is 0 Å². The smallest absolute Gasteiger partial charge is 0.300 e. The van der Waals surface area contributed by atoms with Crippen LogP contribution in [0.4, 0.5) is 11.4 Å². The van der Waals surface area contributed by atoms with Gasteiger partial charge in [0.2, 0.25) is 0 Å². The number of rotatable bonds is 5. The third-order valence-corrected chi connectivity index (χ3v) is 7.16. The summed E-state index contributed by atoms with van der Waals surface area (Å²) in [5.74, 6) is -1.44. The second kappa shape index (κ2) is 9.41. The number of amides is 1. The Hall–Kier alpha value is -3.86. The van der Waals surface area contributed by atoms with Crippen LogP contribution in [-0.2, 0) is 16.0 Å². The molecule has 3 aromatic rings. The number of aliphatic hydroxyl groups excluding tert-OH is 1. The van der Waals surface area contributed by atoms with Gasteiger partial charge in [-0.3, -0.25) is 14.5 Å². The van der Waals surface area contributed by atoms with Crippen LogP contribution in [0.5, 0.6) is 0 Å². The second-order valence-corrected chi connectivity index (χ2v) is 9.29. The molecule has 2 aliphatic rings. The van der Waals surface area contributed by atoms with Crippen LogP contribution in [0.25, 0.3) is 5.76 Å². The average molecular weight is 467 g/mol. The summed E-state index contributed by atoms with van der Waals surface area (Å²) >= 11 is 0. The fourth-order valence-electron chi connectivity index (χ4n) is 5.14. The number of aliphatic hydroxyl groups is 1. The Balaban J connectivity index is 1.63. The first-order valence-corrected chi connectivity index (χ1v) is 12.3. The molecule has 1 amide bonds. The van der Waals surface area contributed by atoms with Crippen molar-refractivity contribution in [3.05, 3.63) is 101 Å². The quantitative estimate of drug-likeness (QED) is 0.294. The highest BCUT2D eigenvalue weighted by atomic mass is 16.3. The summed E-state index contributed by atoms with van der Waals surface area (Å²) in [7, 11) is 0. The average Bonchev–Trinajstić information content (AvgIpc) is 3.51. The van der Waals surface area contributed by atoms with Crippen molar-refractivity contribution < 1.29 is 14.7 Å². The topological polar surface area (TPSA) is 60.9 Å². The maximum Gasteiger partial charge on any atom is 0.300 e. The molecule has 0 spiro atoms. The third-order valence-electron chi connectivity index (χ3n) is 7.16. The third kappa shape index (κ3) is 4.12. The summed E-state index contributed by atoms with van der Waals surface area (Å²) in [4.78, 5) is 30.7. The number of aryl methyl sites for hydroxylation is 2. The van der Waals surface area contributed by atoms with Crippen molar-refractivity contribution >= 4 is 28.8 Å². The van der Waals surface area contributed by atoms with E-state index in [2.05, 4.69) is 11.8 Å². The molecule has 2 heterocycles. The first-order valence-electron chi connectivity index (χ1n) is 12.3. The summed E-state index contributed by atoms with van der Waals surface area (Å²) < 4.78 is 0. The fraction of sp³-hybridized carbons (Fsp3) is 0.267. The molecule has 0 aliphatic carbocycles. The van der Waals surface area contributed by atoms with E-state index in [1.165, 1.54) is 17.7 Å². The van der Waals surface area contributed by atoms with Gasteiger partial charge in [-0.05, 0) is 67.1 Å². The lowest BCUT2D eigenvalue weighted by Gasteiger charge is -2.27. The van der Waals surface area contributed by atoms with Crippen molar-refractivity contribution in [3.8, 4) is 0 Å². The van der Waals surface area contributed by atoms with Gasteiger partial charge >= 0.3 is 0 Å². The molecule has 35 heavy (non-hydrogen) atoms. The molecule has 178 valence electrons. The number of anilines is 2. The van der Waals surface area contributed by atoms with Crippen LogP contribution in [0.15, 0.2) is 78.4 Å². The molecule has 1 unspecified atom stereocenters. The highest BCUT2D eigenvalue weighted by molar-refractivity contribution is 6.51. The molecule has 2 saturated heterocycles. The number of carbonyl (C=O) groups is 2. The molecule has 2 fully saturated rings. The number of benzene rings is 3. The minimum absolute atomic E-state index is 0.122. The van der Waals surface area contributed by atoms with Crippen LogP contribution in [-0.4, -0.2) is 29.9 Å². The standard InChI is InChI=1S/C30H30N2O3/c1-3-21-10-12-22(13-11-21)28(33)26-27(25-9-5-4-8-20(25)2)32(30(35)29(26)34)24-16-14-23(15-17-24)31-18-6-7-19-31/h4-5,8-17,27,33H,3,6-7,18-19H2,1-2H3/b28-26+. The Labute approximate surface area is 206 Å². The first kappa shape index (κ1) is 22.9. The van der Waals surface area contributed by atoms with Gasteiger partial charge in [-0.1, -0.05) is 55.5 Å². The number of Topliss-reactive ketones (excluding diaryl/α,β-unsaturated/α-hetero) is 1. The van der Waals surface area contributed by atoms with Gasteiger partial charge in [-0.2, -0.15) is 0 Å².